The first-order valence-corrected chi connectivity index (χ1v) is 13.6. The van der Waals surface area contributed by atoms with E-state index in [1.165, 1.54) is 5.01 Å². The van der Waals surface area contributed by atoms with Crippen LogP contribution >= 0.6 is 0 Å². The molecule has 2 unspecified atom stereocenters. The number of rotatable bonds is 6. The van der Waals surface area contributed by atoms with Crippen LogP contribution in [0.15, 0.2) is 23.5 Å². The molecule has 4 aliphatic heterocycles. The van der Waals surface area contributed by atoms with Crippen molar-refractivity contribution in [2.24, 2.45) is 10.7 Å². The molecule has 1 aromatic carbocycles. The van der Waals surface area contributed by atoms with E-state index in [-0.39, 0.29) is 30.2 Å². The van der Waals surface area contributed by atoms with E-state index in [0.717, 1.165) is 44.7 Å². The Morgan fingerprint density at radius 2 is 1.84 bits per heavy atom. The highest BCUT2D eigenvalue weighted by molar-refractivity contribution is 6.01. The summed E-state index contributed by atoms with van der Waals surface area (Å²) in [6.07, 6.45) is 2.95. The molecular weight excluding hydrogens is 496 g/mol. The van der Waals surface area contributed by atoms with Crippen molar-refractivity contribution in [1.29, 1.82) is 0 Å². The molecule has 1 aromatic rings. The van der Waals surface area contributed by atoms with Crippen molar-refractivity contribution in [3.8, 4) is 0 Å². The number of halogens is 2. The number of carbonyl (C=O) groups is 2. The third kappa shape index (κ3) is 5.75. The summed E-state index contributed by atoms with van der Waals surface area (Å²) in [5, 5.41) is 12.5. The zero-order valence-corrected chi connectivity index (χ0v) is 22.4. The van der Waals surface area contributed by atoms with Crippen LogP contribution in [0.4, 0.5) is 25.8 Å². The number of nitrogens with zero attached hydrogens (tertiary/aromatic N) is 4. The van der Waals surface area contributed by atoms with E-state index in [9.17, 15) is 23.3 Å². The molecule has 5 rings (SSSR count). The van der Waals surface area contributed by atoms with Gasteiger partial charge in [-0.25, -0.2) is 13.8 Å². The fourth-order valence-corrected chi connectivity index (χ4v) is 6.03. The Bertz CT molecular complexity index is 1020. The minimum absolute atomic E-state index is 0.0920. The van der Waals surface area contributed by atoms with Gasteiger partial charge in [-0.1, -0.05) is 13.8 Å². The molecule has 0 radical (unpaired) electrons. The highest BCUT2D eigenvalue weighted by Crippen LogP contribution is 2.45. The van der Waals surface area contributed by atoms with Gasteiger partial charge in [-0.3, -0.25) is 19.8 Å². The summed E-state index contributed by atoms with van der Waals surface area (Å²) in [6, 6.07) is 4.40. The minimum Gasteiger partial charge on any atom is -0.372 e. The zero-order valence-electron chi connectivity index (χ0n) is 22.4. The molecule has 3 N–H and O–H groups in total. The van der Waals surface area contributed by atoms with Gasteiger partial charge in [0.1, 0.15) is 6.04 Å². The summed E-state index contributed by atoms with van der Waals surface area (Å²) < 4.78 is 28.7. The summed E-state index contributed by atoms with van der Waals surface area (Å²) in [7, 11) is 1.55. The Labute approximate surface area is 222 Å². The first kappa shape index (κ1) is 28.2. The Kier molecular flexibility index (Phi) is 8.51. The van der Waals surface area contributed by atoms with Gasteiger partial charge in [0.25, 0.3) is 5.92 Å². The second-order valence-corrected chi connectivity index (χ2v) is 10.6. The summed E-state index contributed by atoms with van der Waals surface area (Å²) in [6.45, 7) is 7.44. The number of hydrogen-bond donors (Lipinski definition) is 3. The van der Waals surface area contributed by atoms with Gasteiger partial charge < -0.3 is 15.5 Å². The average molecular weight is 536 g/mol. The number of alkyl halides is 2. The highest BCUT2D eigenvalue weighted by Gasteiger charge is 2.53. The lowest BCUT2D eigenvalue weighted by atomic mass is 9.70. The first-order valence-electron chi connectivity index (χ1n) is 13.6. The third-order valence-electron chi connectivity index (χ3n) is 8.17. The fraction of sp³-hybridized carbons (Fsp3) is 0.692. The second-order valence-electron chi connectivity index (χ2n) is 10.6. The molecular formula is C26H39F2N7O3. The normalized spacial score (nSPS) is 26.5. The quantitative estimate of drug-likeness (QED) is 0.290. The van der Waals surface area contributed by atoms with Gasteiger partial charge in [0.2, 0.25) is 11.8 Å². The minimum atomic E-state index is -2.68. The SMILES string of the molecule is CC.CN(N=O)c1cc(N2CCC3(CC2)CN(C2CCNCC2(F)F)C3)ccc1NC1CCC(=O)NC1=O. The molecule has 12 heteroatoms. The number of piperidine rings is 3. The largest absolute Gasteiger partial charge is 0.372 e. The van der Waals surface area contributed by atoms with Crippen molar-refractivity contribution in [3.05, 3.63) is 23.1 Å². The number of hydrogen-bond acceptors (Lipinski definition) is 8. The van der Waals surface area contributed by atoms with E-state index >= 15 is 0 Å². The number of nitroso groups, excluding NO2 is 1. The predicted molar refractivity (Wildman–Crippen MR) is 143 cm³/mol. The van der Waals surface area contributed by atoms with Crippen LogP contribution in [-0.4, -0.2) is 81.0 Å². The van der Waals surface area contributed by atoms with Gasteiger partial charge >= 0.3 is 0 Å². The first-order chi connectivity index (χ1) is 18.2. The molecule has 1 spiro atoms. The van der Waals surface area contributed by atoms with E-state index in [2.05, 4.69) is 26.1 Å². The number of nitrogens with one attached hydrogen (secondary N) is 3. The molecule has 2 atom stereocenters. The van der Waals surface area contributed by atoms with E-state index in [4.69, 9.17) is 0 Å². The van der Waals surface area contributed by atoms with Crippen LogP contribution in [0.1, 0.15) is 46.0 Å². The van der Waals surface area contributed by atoms with Crippen molar-refractivity contribution < 1.29 is 18.4 Å². The molecule has 0 bridgehead atoms. The number of benzene rings is 1. The summed E-state index contributed by atoms with van der Waals surface area (Å²) in [5.74, 6) is -3.36. The molecule has 2 amide bonds. The van der Waals surface area contributed by atoms with Gasteiger partial charge in [0.05, 0.1) is 29.2 Å². The fourth-order valence-electron chi connectivity index (χ4n) is 6.03. The molecule has 4 saturated heterocycles. The van der Waals surface area contributed by atoms with E-state index in [1.54, 1.807) is 7.05 Å². The lowest BCUT2D eigenvalue weighted by Crippen LogP contribution is -2.68. The molecule has 4 aliphatic rings. The van der Waals surface area contributed by atoms with Gasteiger partial charge in [-0.15, -0.1) is 4.91 Å². The van der Waals surface area contributed by atoms with Crippen LogP contribution in [0, 0.1) is 10.3 Å². The maximum atomic E-state index is 14.3. The molecule has 0 aliphatic carbocycles. The van der Waals surface area contributed by atoms with Crippen LogP contribution in [0.2, 0.25) is 0 Å². The van der Waals surface area contributed by atoms with Crippen LogP contribution in [0.5, 0.6) is 0 Å². The van der Waals surface area contributed by atoms with Crippen LogP contribution < -0.4 is 25.9 Å². The maximum Gasteiger partial charge on any atom is 0.275 e. The number of carbonyl (C=O) groups excluding carboxylic acids is 2. The Morgan fingerprint density at radius 1 is 1.13 bits per heavy atom. The van der Waals surface area contributed by atoms with Crippen molar-refractivity contribution in [2.45, 2.75) is 64.0 Å². The lowest BCUT2D eigenvalue weighted by Gasteiger charge is -2.58. The van der Waals surface area contributed by atoms with Gasteiger partial charge in [-0.05, 0) is 55.8 Å². The van der Waals surface area contributed by atoms with Gasteiger partial charge in [0, 0.05) is 45.3 Å². The molecule has 0 aromatic heterocycles. The third-order valence-corrected chi connectivity index (χ3v) is 8.17. The number of anilines is 3. The van der Waals surface area contributed by atoms with Gasteiger partial charge in [-0.2, -0.15) is 0 Å². The van der Waals surface area contributed by atoms with Crippen molar-refractivity contribution in [2.75, 3.05) is 61.5 Å². The van der Waals surface area contributed by atoms with Crippen LogP contribution in [-0.2, 0) is 9.59 Å². The topological polar surface area (TPSA) is 109 Å². The van der Waals surface area contributed by atoms with Gasteiger partial charge in [0.15, 0.2) is 0 Å². The Morgan fingerprint density at radius 3 is 2.47 bits per heavy atom. The van der Waals surface area contributed by atoms with Crippen molar-refractivity contribution >= 4 is 28.9 Å². The zero-order chi connectivity index (χ0) is 27.5. The Balaban J connectivity index is 0.00000164. The van der Waals surface area contributed by atoms with E-state index < -0.39 is 18.0 Å². The second kappa shape index (κ2) is 11.5. The molecule has 38 heavy (non-hydrogen) atoms. The number of imide groups is 1. The number of likely N-dealkylation sites (tertiary alicyclic amines) is 1. The smallest absolute Gasteiger partial charge is 0.275 e. The predicted octanol–water partition coefficient (Wildman–Crippen LogP) is 2.95. The standard InChI is InChI=1S/C24H33F2N7O3.C2H6/c1-31(30-36)19-12-16(2-3-17(19)28-18-4-5-21(34)29-22(18)35)32-10-7-23(8-11-32)14-33(15-23)20-6-9-27-13-24(20,25)26;1-2/h2-3,12,18,20,27-28H,4-11,13-15H2,1H3,(H,29,34,35);1-2H3. The number of amides is 2. The maximum absolute atomic E-state index is 14.3. The molecule has 210 valence electrons. The molecule has 0 saturated carbocycles. The van der Waals surface area contributed by atoms with Crippen molar-refractivity contribution in [3.63, 3.8) is 0 Å². The van der Waals surface area contributed by atoms with E-state index in [0.29, 0.717) is 30.8 Å². The Hall–Kier alpha value is -2.86. The molecule has 4 fully saturated rings. The van der Waals surface area contributed by atoms with Crippen LogP contribution in [0.25, 0.3) is 0 Å². The van der Waals surface area contributed by atoms with E-state index in [1.807, 2.05) is 36.9 Å². The average Bonchev–Trinajstić information content (AvgIpc) is 2.90. The summed E-state index contributed by atoms with van der Waals surface area (Å²) >= 11 is 0. The molecule has 4 heterocycles. The molecule has 10 nitrogen and oxygen atoms in total. The van der Waals surface area contributed by atoms with Crippen LogP contribution in [0.3, 0.4) is 0 Å². The highest BCUT2D eigenvalue weighted by atomic mass is 19.3. The summed E-state index contributed by atoms with van der Waals surface area (Å²) in [5.41, 5.74) is 2.15. The van der Waals surface area contributed by atoms with Crippen molar-refractivity contribution in [1.82, 2.24) is 15.5 Å². The summed E-state index contributed by atoms with van der Waals surface area (Å²) in [4.78, 5) is 39.2. The lowest BCUT2D eigenvalue weighted by molar-refractivity contribution is -0.150. The monoisotopic (exact) mass is 535 g/mol.